The van der Waals surface area contributed by atoms with Crippen LogP contribution < -0.4 is 0 Å². The summed E-state index contributed by atoms with van der Waals surface area (Å²) in [6.07, 6.45) is 1.91. The highest BCUT2D eigenvalue weighted by Gasteiger charge is 2.11. The highest BCUT2D eigenvalue weighted by Crippen LogP contribution is 2.34. The maximum absolute atomic E-state index is 4.07. The molecule has 128 valence electrons. The maximum Gasteiger partial charge on any atom is 0.0540 e. The van der Waals surface area contributed by atoms with E-state index in [1.54, 1.807) is 0 Å². The van der Waals surface area contributed by atoms with E-state index >= 15 is 0 Å². The first-order valence-electron chi connectivity index (χ1n) is 9.16. The molecule has 1 aromatic heterocycles. The van der Waals surface area contributed by atoms with Crippen LogP contribution in [0.5, 0.6) is 0 Å². The van der Waals surface area contributed by atoms with Gasteiger partial charge in [0.2, 0.25) is 0 Å². The van der Waals surface area contributed by atoms with Gasteiger partial charge in [-0.2, -0.15) is 0 Å². The molecule has 0 aliphatic heterocycles. The van der Waals surface area contributed by atoms with Crippen LogP contribution in [0.25, 0.3) is 50.3 Å². The first-order chi connectivity index (χ1) is 13.3. The predicted molar refractivity (Wildman–Crippen MR) is 117 cm³/mol. The van der Waals surface area contributed by atoms with Gasteiger partial charge >= 0.3 is 0 Å². The quantitative estimate of drug-likeness (QED) is 0.325. The van der Waals surface area contributed by atoms with Gasteiger partial charge in [-0.25, -0.2) is 0 Å². The van der Waals surface area contributed by atoms with Crippen molar-refractivity contribution < 1.29 is 0 Å². The summed E-state index contributed by atoms with van der Waals surface area (Å²) in [6, 6.07) is 34.4. The SMILES string of the molecule is C=Cn1c2cc(-c3ccccc3)ccc2c2ccc(-c3ccccc3)cc21. The van der Waals surface area contributed by atoms with Gasteiger partial charge in [0.05, 0.1) is 11.0 Å². The molecule has 1 heteroatoms. The fourth-order valence-electron chi connectivity index (χ4n) is 3.86. The minimum Gasteiger partial charge on any atom is -0.316 e. The molecule has 0 aliphatic rings. The lowest BCUT2D eigenvalue weighted by atomic mass is 10.0. The Balaban J connectivity index is 1.77. The number of benzene rings is 4. The Bertz CT molecular complexity index is 1160. The van der Waals surface area contributed by atoms with Crippen LogP contribution in [-0.4, -0.2) is 4.57 Å². The molecular weight excluding hydrogens is 326 g/mol. The zero-order valence-corrected chi connectivity index (χ0v) is 15.0. The van der Waals surface area contributed by atoms with E-state index in [0.717, 1.165) is 0 Å². The molecule has 27 heavy (non-hydrogen) atoms. The van der Waals surface area contributed by atoms with Crippen LogP contribution in [-0.2, 0) is 0 Å². The Hall–Kier alpha value is -3.58. The zero-order valence-electron chi connectivity index (χ0n) is 15.0. The molecule has 0 N–H and O–H groups in total. The first kappa shape index (κ1) is 15.7. The normalized spacial score (nSPS) is 11.1. The molecule has 0 unspecified atom stereocenters. The minimum atomic E-state index is 1.19. The van der Waals surface area contributed by atoms with Crippen LogP contribution >= 0.6 is 0 Å². The fourth-order valence-corrected chi connectivity index (χ4v) is 3.86. The predicted octanol–water partition coefficient (Wildman–Crippen LogP) is 7.23. The molecule has 5 rings (SSSR count). The van der Waals surface area contributed by atoms with Crippen molar-refractivity contribution in [1.29, 1.82) is 0 Å². The molecule has 0 amide bonds. The summed E-state index contributed by atoms with van der Waals surface area (Å²) in [5.74, 6) is 0. The summed E-state index contributed by atoms with van der Waals surface area (Å²) in [6.45, 7) is 4.07. The smallest absolute Gasteiger partial charge is 0.0540 e. The third kappa shape index (κ3) is 2.56. The van der Waals surface area contributed by atoms with E-state index in [4.69, 9.17) is 0 Å². The van der Waals surface area contributed by atoms with Crippen LogP contribution in [0, 0.1) is 0 Å². The topological polar surface area (TPSA) is 4.93 Å². The highest BCUT2D eigenvalue weighted by atomic mass is 14.9. The Kier molecular flexibility index (Phi) is 3.65. The molecule has 0 fully saturated rings. The second kappa shape index (κ2) is 6.30. The monoisotopic (exact) mass is 345 g/mol. The van der Waals surface area contributed by atoms with Crippen molar-refractivity contribution in [3.05, 3.63) is 104 Å². The Morgan fingerprint density at radius 1 is 0.519 bits per heavy atom. The third-order valence-electron chi connectivity index (χ3n) is 5.20. The molecule has 1 heterocycles. The van der Waals surface area contributed by atoms with Gasteiger partial charge in [0.25, 0.3) is 0 Å². The zero-order chi connectivity index (χ0) is 18.2. The molecule has 0 saturated carbocycles. The van der Waals surface area contributed by atoms with Crippen molar-refractivity contribution in [2.75, 3.05) is 0 Å². The summed E-state index contributed by atoms with van der Waals surface area (Å²) >= 11 is 0. The summed E-state index contributed by atoms with van der Waals surface area (Å²) in [4.78, 5) is 0. The van der Waals surface area contributed by atoms with Crippen molar-refractivity contribution >= 4 is 28.0 Å². The summed E-state index contributed by atoms with van der Waals surface area (Å²) in [5.41, 5.74) is 7.27. The van der Waals surface area contributed by atoms with Gasteiger partial charge in [-0.3, -0.25) is 0 Å². The first-order valence-corrected chi connectivity index (χ1v) is 9.16. The number of rotatable bonds is 3. The van der Waals surface area contributed by atoms with Crippen LogP contribution in [0.2, 0.25) is 0 Å². The maximum atomic E-state index is 4.07. The molecule has 0 aliphatic carbocycles. The molecule has 1 nitrogen and oxygen atoms in total. The van der Waals surface area contributed by atoms with Gasteiger partial charge in [-0.05, 0) is 34.4 Å². The van der Waals surface area contributed by atoms with Gasteiger partial charge < -0.3 is 4.57 Å². The second-order valence-electron chi connectivity index (χ2n) is 6.75. The van der Waals surface area contributed by atoms with E-state index in [2.05, 4.69) is 96.1 Å². The van der Waals surface area contributed by atoms with Gasteiger partial charge in [0.15, 0.2) is 0 Å². The standard InChI is InChI=1S/C26H19N/c1-2-27-25-17-21(19-9-5-3-6-10-19)13-15-23(25)24-16-14-22(18-26(24)27)20-11-7-4-8-12-20/h2-18H,1H2. The van der Waals surface area contributed by atoms with E-state index < -0.39 is 0 Å². The number of hydrogen-bond donors (Lipinski definition) is 0. The second-order valence-corrected chi connectivity index (χ2v) is 6.75. The van der Waals surface area contributed by atoms with E-state index in [9.17, 15) is 0 Å². The fraction of sp³-hybridized carbons (Fsp3) is 0. The van der Waals surface area contributed by atoms with Crippen molar-refractivity contribution in [1.82, 2.24) is 4.57 Å². The van der Waals surface area contributed by atoms with Crippen molar-refractivity contribution in [2.24, 2.45) is 0 Å². The number of hydrogen-bond acceptors (Lipinski definition) is 0. The van der Waals surface area contributed by atoms with Crippen molar-refractivity contribution in [3.8, 4) is 22.3 Å². The molecule has 5 aromatic rings. The Labute approximate surface area is 158 Å². The molecule has 0 radical (unpaired) electrons. The largest absolute Gasteiger partial charge is 0.316 e. The van der Waals surface area contributed by atoms with E-state index in [0.29, 0.717) is 0 Å². The van der Waals surface area contributed by atoms with Crippen LogP contribution in [0.15, 0.2) is 104 Å². The van der Waals surface area contributed by atoms with E-state index in [1.807, 2.05) is 18.3 Å². The summed E-state index contributed by atoms with van der Waals surface area (Å²) in [5, 5.41) is 2.51. The average Bonchev–Trinajstić information content (AvgIpc) is 3.07. The lowest BCUT2D eigenvalue weighted by Gasteiger charge is -2.05. The van der Waals surface area contributed by atoms with Crippen LogP contribution in [0.4, 0.5) is 0 Å². The minimum absolute atomic E-state index is 1.19. The molecular formula is C26H19N. The van der Waals surface area contributed by atoms with Crippen molar-refractivity contribution in [3.63, 3.8) is 0 Å². The molecule has 4 aromatic carbocycles. The van der Waals surface area contributed by atoms with Gasteiger partial charge in [0.1, 0.15) is 0 Å². The molecule has 0 spiro atoms. The lowest BCUT2D eigenvalue weighted by molar-refractivity contribution is 1.30. The van der Waals surface area contributed by atoms with Crippen LogP contribution in [0.1, 0.15) is 0 Å². The number of aromatic nitrogens is 1. The third-order valence-corrected chi connectivity index (χ3v) is 5.20. The highest BCUT2D eigenvalue weighted by molar-refractivity contribution is 6.11. The van der Waals surface area contributed by atoms with E-state index in [1.165, 1.54) is 44.1 Å². The molecule has 0 saturated heterocycles. The van der Waals surface area contributed by atoms with Gasteiger partial charge in [0, 0.05) is 17.0 Å². The Morgan fingerprint density at radius 3 is 1.37 bits per heavy atom. The van der Waals surface area contributed by atoms with Gasteiger partial charge in [-0.1, -0.05) is 91.5 Å². The molecule has 0 bridgehead atoms. The number of fused-ring (bicyclic) bond motifs is 3. The Morgan fingerprint density at radius 2 is 0.963 bits per heavy atom. The van der Waals surface area contributed by atoms with E-state index in [-0.39, 0.29) is 0 Å². The summed E-state index contributed by atoms with van der Waals surface area (Å²) in [7, 11) is 0. The number of nitrogens with zero attached hydrogens (tertiary/aromatic N) is 1. The van der Waals surface area contributed by atoms with Crippen molar-refractivity contribution in [2.45, 2.75) is 0 Å². The van der Waals surface area contributed by atoms with Crippen LogP contribution in [0.3, 0.4) is 0 Å². The lowest BCUT2D eigenvalue weighted by Crippen LogP contribution is -1.86. The molecule has 0 atom stereocenters. The van der Waals surface area contributed by atoms with Gasteiger partial charge in [-0.15, -0.1) is 0 Å². The average molecular weight is 345 g/mol. The summed E-state index contributed by atoms with van der Waals surface area (Å²) < 4.78 is 2.20.